The summed E-state index contributed by atoms with van der Waals surface area (Å²) in [4.78, 5) is 0. The lowest BCUT2D eigenvalue weighted by Crippen LogP contribution is -2.40. The third-order valence-corrected chi connectivity index (χ3v) is 4.24. The summed E-state index contributed by atoms with van der Waals surface area (Å²) >= 11 is 0. The molecule has 0 amide bonds. The molecule has 1 saturated heterocycles. The Balaban J connectivity index is 1.70. The molecule has 0 bridgehead atoms. The largest absolute Gasteiger partial charge is 0.377 e. The maximum absolute atomic E-state index is 5.77. The molecule has 2 nitrogen and oxygen atoms in total. The van der Waals surface area contributed by atoms with Crippen molar-refractivity contribution in [1.29, 1.82) is 0 Å². The molecule has 1 aliphatic carbocycles. The van der Waals surface area contributed by atoms with Crippen LogP contribution in [0.1, 0.15) is 58.3 Å². The zero-order chi connectivity index (χ0) is 11.2. The van der Waals surface area contributed by atoms with E-state index < -0.39 is 0 Å². The van der Waals surface area contributed by atoms with Gasteiger partial charge in [0.25, 0.3) is 0 Å². The van der Waals surface area contributed by atoms with Gasteiger partial charge in [-0.25, -0.2) is 0 Å². The van der Waals surface area contributed by atoms with Crippen molar-refractivity contribution in [3.05, 3.63) is 0 Å². The summed E-state index contributed by atoms with van der Waals surface area (Å²) in [5.41, 5.74) is 0. The van der Waals surface area contributed by atoms with Crippen LogP contribution in [0.2, 0.25) is 0 Å². The first-order valence-corrected chi connectivity index (χ1v) is 7.21. The van der Waals surface area contributed by atoms with E-state index in [1.54, 1.807) is 0 Å². The van der Waals surface area contributed by atoms with Crippen molar-refractivity contribution in [1.82, 2.24) is 5.32 Å². The summed E-state index contributed by atoms with van der Waals surface area (Å²) in [5.74, 6) is 0.853. The minimum Gasteiger partial charge on any atom is -0.377 e. The smallest absolute Gasteiger partial charge is 0.0699 e. The topological polar surface area (TPSA) is 21.3 Å². The van der Waals surface area contributed by atoms with Crippen LogP contribution in [-0.2, 0) is 4.74 Å². The van der Waals surface area contributed by atoms with Crippen LogP contribution in [0, 0.1) is 5.92 Å². The van der Waals surface area contributed by atoms with Gasteiger partial charge in [0.2, 0.25) is 0 Å². The van der Waals surface area contributed by atoms with Gasteiger partial charge in [-0.05, 0) is 38.0 Å². The van der Waals surface area contributed by atoms with Gasteiger partial charge in [0.15, 0.2) is 0 Å². The minimum atomic E-state index is 0.490. The molecule has 0 aromatic heterocycles. The summed E-state index contributed by atoms with van der Waals surface area (Å²) in [7, 11) is 0. The van der Waals surface area contributed by atoms with E-state index in [9.17, 15) is 0 Å². The molecule has 3 atom stereocenters. The Morgan fingerprint density at radius 3 is 2.62 bits per heavy atom. The van der Waals surface area contributed by atoms with Gasteiger partial charge in [0.05, 0.1) is 6.10 Å². The molecular weight excluding hydrogens is 198 g/mol. The van der Waals surface area contributed by atoms with Gasteiger partial charge < -0.3 is 10.1 Å². The fraction of sp³-hybridized carbons (Fsp3) is 1.00. The van der Waals surface area contributed by atoms with E-state index in [1.807, 2.05) is 0 Å². The van der Waals surface area contributed by atoms with E-state index in [-0.39, 0.29) is 0 Å². The van der Waals surface area contributed by atoms with Crippen molar-refractivity contribution in [3.8, 4) is 0 Å². The molecule has 3 unspecified atom stereocenters. The summed E-state index contributed by atoms with van der Waals surface area (Å²) in [6.45, 7) is 4.46. The summed E-state index contributed by atoms with van der Waals surface area (Å²) < 4.78 is 5.77. The van der Waals surface area contributed by atoms with E-state index in [0.717, 1.165) is 25.1 Å². The van der Waals surface area contributed by atoms with E-state index in [1.165, 1.54) is 51.4 Å². The number of nitrogens with one attached hydrogen (secondary N) is 1. The van der Waals surface area contributed by atoms with Crippen molar-refractivity contribution in [2.24, 2.45) is 5.92 Å². The van der Waals surface area contributed by atoms with Crippen LogP contribution in [-0.4, -0.2) is 25.3 Å². The van der Waals surface area contributed by atoms with Gasteiger partial charge in [-0.15, -0.1) is 0 Å². The highest BCUT2D eigenvalue weighted by Gasteiger charge is 2.21. The van der Waals surface area contributed by atoms with Crippen molar-refractivity contribution in [3.63, 3.8) is 0 Å². The maximum atomic E-state index is 5.77. The van der Waals surface area contributed by atoms with Gasteiger partial charge in [-0.2, -0.15) is 0 Å². The molecular formula is C14H27NO. The molecule has 1 saturated carbocycles. The minimum absolute atomic E-state index is 0.490. The quantitative estimate of drug-likeness (QED) is 0.745. The van der Waals surface area contributed by atoms with E-state index >= 15 is 0 Å². The van der Waals surface area contributed by atoms with E-state index in [2.05, 4.69) is 12.2 Å². The number of hydrogen-bond donors (Lipinski definition) is 1. The highest BCUT2D eigenvalue weighted by Crippen LogP contribution is 2.23. The molecule has 1 N–H and O–H groups in total. The second-order valence-electron chi connectivity index (χ2n) is 5.62. The van der Waals surface area contributed by atoms with Crippen LogP contribution in [0.3, 0.4) is 0 Å². The molecule has 1 aliphatic heterocycles. The van der Waals surface area contributed by atoms with Gasteiger partial charge >= 0.3 is 0 Å². The van der Waals surface area contributed by atoms with Gasteiger partial charge in [0, 0.05) is 19.2 Å². The maximum Gasteiger partial charge on any atom is 0.0699 e. The number of ether oxygens (including phenoxy) is 1. The van der Waals surface area contributed by atoms with Crippen molar-refractivity contribution in [2.45, 2.75) is 70.4 Å². The molecule has 2 fully saturated rings. The van der Waals surface area contributed by atoms with Crippen molar-refractivity contribution in [2.75, 3.05) is 13.2 Å². The normalized spacial score (nSPS) is 36.9. The lowest BCUT2D eigenvalue weighted by molar-refractivity contribution is 0.0142. The second kappa shape index (κ2) is 6.61. The van der Waals surface area contributed by atoms with E-state index in [0.29, 0.717) is 6.10 Å². The lowest BCUT2D eigenvalue weighted by Gasteiger charge is -2.28. The highest BCUT2D eigenvalue weighted by molar-refractivity contribution is 4.78. The van der Waals surface area contributed by atoms with E-state index in [4.69, 9.17) is 4.74 Å². The SMILES string of the molecule is CC1CCCCCC1NCC1CCCCO1. The first-order chi connectivity index (χ1) is 7.86. The van der Waals surface area contributed by atoms with Crippen molar-refractivity contribution < 1.29 is 4.74 Å². The highest BCUT2D eigenvalue weighted by atomic mass is 16.5. The number of hydrogen-bond acceptors (Lipinski definition) is 2. The summed E-state index contributed by atoms with van der Waals surface area (Å²) in [5, 5.41) is 3.76. The number of rotatable bonds is 3. The lowest BCUT2D eigenvalue weighted by atomic mass is 9.96. The predicted molar refractivity (Wildman–Crippen MR) is 67.6 cm³/mol. The van der Waals surface area contributed by atoms with Gasteiger partial charge in [0.1, 0.15) is 0 Å². The Hall–Kier alpha value is -0.0800. The Morgan fingerprint density at radius 1 is 1.00 bits per heavy atom. The summed E-state index contributed by atoms with van der Waals surface area (Å²) in [6.07, 6.45) is 11.4. The average molecular weight is 225 g/mol. The monoisotopic (exact) mass is 225 g/mol. The van der Waals surface area contributed by atoms with Gasteiger partial charge in [-0.1, -0.05) is 26.2 Å². The van der Waals surface area contributed by atoms with Gasteiger partial charge in [-0.3, -0.25) is 0 Å². The molecule has 0 radical (unpaired) electrons. The Bertz CT molecular complexity index is 189. The fourth-order valence-electron chi connectivity index (χ4n) is 3.05. The molecule has 16 heavy (non-hydrogen) atoms. The molecule has 0 aromatic rings. The van der Waals surface area contributed by atoms with Crippen LogP contribution in [0.5, 0.6) is 0 Å². The first kappa shape index (κ1) is 12.4. The zero-order valence-electron chi connectivity index (χ0n) is 10.7. The molecule has 2 rings (SSSR count). The molecule has 94 valence electrons. The third kappa shape index (κ3) is 3.74. The third-order valence-electron chi connectivity index (χ3n) is 4.24. The van der Waals surface area contributed by atoms with Crippen LogP contribution in [0.25, 0.3) is 0 Å². The van der Waals surface area contributed by atoms with Crippen LogP contribution >= 0.6 is 0 Å². The predicted octanol–water partition coefficient (Wildman–Crippen LogP) is 3.11. The molecule has 2 heteroatoms. The summed E-state index contributed by atoms with van der Waals surface area (Å²) in [6, 6.07) is 0.744. The van der Waals surface area contributed by atoms with Crippen LogP contribution in [0.15, 0.2) is 0 Å². The van der Waals surface area contributed by atoms with Crippen molar-refractivity contribution >= 4 is 0 Å². The van der Waals surface area contributed by atoms with Crippen LogP contribution in [0.4, 0.5) is 0 Å². The van der Waals surface area contributed by atoms with Crippen LogP contribution < -0.4 is 5.32 Å². The first-order valence-electron chi connectivity index (χ1n) is 7.21. The zero-order valence-corrected chi connectivity index (χ0v) is 10.7. The standard InChI is InChI=1S/C14H27NO/c1-12-7-3-2-4-9-14(12)15-11-13-8-5-6-10-16-13/h12-15H,2-11H2,1H3. The Morgan fingerprint density at radius 2 is 1.81 bits per heavy atom. The molecule has 0 aromatic carbocycles. The Labute approximate surface area is 100 Å². The molecule has 0 spiro atoms. The molecule has 1 heterocycles. The fourth-order valence-corrected chi connectivity index (χ4v) is 3.05. The average Bonchev–Trinajstić information content (AvgIpc) is 2.53. The Kier molecular flexibility index (Phi) is 5.11. The second-order valence-corrected chi connectivity index (χ2v) is 5.62. The molecule has 2 aliphatic rings.